The molecule has 366 valence electrons. The molecule has 0 saturated heterocycles. The molecule has 69 heavy (non-hydrogen) atoms. The van der Waals surface area contributed by atoms with Gasteiger partial charge in [-0.1, -0.05) is 109 Å². The van der Waals surface area contributed by atoms with Crippen LogP contribution in [0.15, 0.2) is 182 Å². The SMILES string of the molecule is CC(C)(C)OC(=O)NOP(=O)(c1ccccc1)c1ccccc1.CC(C)(C)OC(=O)NOP(=O)(c1ccccc1)c1ccccc1.CC(C)(C)OC(=O)NOP(=O)(c1ccccc1)c1ccccc1. The molecule has 18 heteroatoms. The fourth-order valence-electron chi connectivity index (χ4n) is 5.71. The molecule has 3 N–H and O–H groups in total. The zero-order chi connectivity index (χ0) is 50.8. The Labute approximate surface area is 404 Å². The first kappa shape index (κ1) is 55.3. The predicted octanol–water partition coefficient (Wildman–Crippen LogP) is 10.1. The zero-order valence-corrected chi connectivity index (χ0v) is 42.7. The Kier molecular flexibility index (Phi) is 19.9. The summed E-state index contributed by atoms with van der Waals surface area (Å²) in [6.45, 7) is 15.6. The number of carbonyl (C=O) groups is 3. The maximum absolute atomic E-state index is 13.4. The fourth-order valence-corrected chi connectivity index (χ4v) is 11.2. The number of ether oxygens (including phenoxy) is 3. The molecule has 0 aliphatic carbocycles. The average Bonchev–Trinajstić information content (AvgIpc) is 3.32. The highest BCUT2D eigenvalue weighted by Crippen LogP contribution is 2.45. The van der Waals surface area contributed by atoms with Crippen LogP contribution in [0.5, 0.6) is 0 Å². The molecule has 3 amide bonds. The molecule has 0 spiro atoms. The van der Waals surface area contributed by atoms with Crippen molar-refractivity contribution >= 4 is 72.2 Å². The van der Waals surface area contributed by atoms with Gasteiger partial charge in [-0.25, -0.2) is 28.3 Å². The third kappa shape index (κ3) is 17.9. The van der Waals surface area contributed by atoms with Crippen LogP contribution in [0, 0.1) is 0 Å². The van der Waals surface area contributed by atoms with Gasteiger partial charge in [-0.2, -0.15) is 16.4 Å². The Morgan fingerprint density at radius 3 is 0.580 bits per heavy atom. The molecule has 0 aliphatic rings. The summed E-state index contributed by atoms with van der Waals surface area (Å²) >= 11 is 0. The van der Waals surface area contributed by atoms with Gasteiger partial charge in [0.25, 0.3) is 22.1 Å². The van der Waals surface area contributed by atoms with E-state index >= 15 is 0 Å². The molecule has 0 heterocycles. The van der Waals surface area contributed by atoms with Crippen LogP contribution in [0.3, 0.4) is 0 Å². The molecule has 0 aliphatic heterocycles. The standard InChI is InChI=1S/3C17H20NO4P/c3*1-17(2,3)21-16(19)18-22-23(20,14-10-6-4-7-11-14)15-12-8-5-9-13-15/h3*4-13H,1-3H3,(H,18,19). The van der Waals surface area contributed by atoms with Gasteiger partial charge in [-0.15, -0.1) is 0 Å². The number of hydroxylamine groups is 3. The third-order valence-corrected chi connectivity index (χ3v) is 15.5. The first-order chi connectivity index (χ1) is 32.4. The van der Waals surface area contributed by atoms with Crippen molar-refractivity contribution in [2.24, 2.45) is 0 Å². The molecule has 0 radical (unpaired) electrons. The number of hydrogen-bond acceptors (Lipinski definition) is 12. The Morgan fingerprint density at radius 1 is 0.304 bits per heavy atom. The van der Waals surface area contributed by atoms with Crippen LogP contribution >= 0.6 is 22.1 Å². The van der Waals surface area contributed by atoms with Gasteiger partial charge in [-0.05, 0) is 135 Å². The number of carbonyl (C=O) groups excluding carboxylic acids is 3. The predicted molar refractivity (Wildman–Crippen MR) is 271 cm³/mol. The fraction of sp³-hybridized carbons (Fsp3) is 0.235. The monoisotopic (exact) mass is 999 g/mol. The van der Waals surface area contributed by atoms with Crippen molar-refractivity contribution in [3.63, 3.8) is 0 Å². The average molecular weight is 1000 g/mol. The van der Waals surface area contributed by atoms with Crippen molar-refractivity contribution in [3.8, 4) is 0 Å². The van der Waals surface area contributed by atoms with E-state index in [-0.39, 0.29) is 0 Å². The second kappa shape index (κ2) is 24.8. The van der Waals surface area contributed by atoms with Crippen LogP contribution in [0.2, 0.25) is 0 Å². The number of hydrogen-bond donors (Lipinski definition) is 3. The van der Waals surface area contributed by atoms with E-state index < -0.39 is 57.2 Å². The van der Waals surface area contributed by atoms with Gasteiger partial charge in [0, 0.05) is 31.8 Å². The van der Waals surface area contributed by atoms with E-state index in [1.165, 1.54) is 0 Å². The van der Waals surface area contributed by atoms with Gasteiger partial charge < -0.3 is 14.2 Å². The summed E-state index contributed by atoms with van der Waals surface area (Å²) in [4.78, 5) is 35.4. The van der Waals surface area contributed by atoms with Crippen LogP contribution in [-0.2, 0) is 41.8 Å². The number of rotatable bonds is 12. The minimum absolute atomic E-state index is 0.488. The second-order valence-electron chi connectivity index (χ2n) is 17.8. The van der Waals surface area contributed by atoms with Crippen LogP contribution < -0.4 is 48.3 Å². The van der Waals surface area contributed by atoms with E-state index in [9.17, 15) is 28.1 Å². The quantitative estimate of drug-likeness (QED) is 0.0598. The van der Waals surface area contributed by atoms with Crippen molar-refractivity contribution in [2.75, 3.05) is 0 Å². The molecule has 15 nitrogen and oxygen atoms in total. The van der Waals surface area contributed by atoms with Gasteiger partial charge in [0.05, 0.1) is 0 Å². The minimum Gasteiger partial charge on any atom is -0.442 e. The molecule has 6 aromatic carbocycles. The molecule has 0 bridgehead atoms. The summed E-state index contributed by atoms with van der Waals surface area (Å²) in [6, 6.07) is 52.5. The van der Waals surface area contributed by atoms with E-state index in [1.807, 2.05) is 36.4 Å². The van der Waals surface area contributed by atoms with E-state index in [0.29, 0.717) is 31.8 Å². The molecule has 0 aromatic heterocycles. The maximum atomic E-state index is 13.4. The Morgan fingerprint density at radius 2 is 0.449 bits per heavy atom. The lowest BCUT2D eigenvalue weighted by molar-refractivity contribution is 0.0292. The van der Waals surface area contributed by atoms with Crippen molar-refractivity contribution in [1.29, 1.82) is 0 Å². The third-order valence-electron chi connectivity index (χ3n) is 8.55. The van der Waals surface area contributed by atoms with Crippen LogP contribution in [0.1, 0.15) is 62.3 Å². The van der Waals surface area contributed by atoms with Gasteiger partial charge in [-0.3, -0.25) is 13.7 Å². The summed E-state index contributed by atoms with van der Waals surface area (Å²) in [5.41, 5.74) is 4.45. The lowest BCUT2D eigenvalue weighted by Gasteiger charge is -2.22. The van der Waals surface area contributed by atoms with E-state index in [0.717, 1.165) is 0 Å². The van der Waals surface area contributed by atoms with Crippen LogP contribution in [0.25, 0.3) is 0 Å². The van der Waals surface area contributed by atoms with Gasteiger partial charge in [0.15, 0.2) is 0 Å². The summed E-state index contributed by atoms with van der Waals surface area (Å²) in [5, 5.41) is 2.93. The van der Waals surface area contributed by atoms with E-state index in [1.54, 1.807) is 208 Å². The molecule has 6 rings (SSSR count). The Hall–Kier alpha value is -6.30. The van der Waals surface area contributed by atoms with Crippen molar-refractivity contribution < 1.29 is 56.2 Å². The zero-order valence-electron chi connectivity index (χ0n) is 40.1. The first-order valence-corrected chi connectivity index (χ1v) is 26.5. The number of amides is 3. The van der Waals surface area contributed by atoms with Gasteiger partial charge >= 0.3 is 18.3 Å². The number of benzene rings is 6. The van der Waals surface area contributed by atoms with Gasteiger partial charge in [0.2, 0.25) is 0 Å². The highest BCUT2D eigenvalue weighted by Gasteiger charge is 2.33. The van der Waals surface area contributed by atoms with Gasteiger partial charge in [0.1, 0.15) is 16.8 Å². The van der Waals surface area contributed by atoms with Crippen LogP contribution in [0.4, 0.5) is 14.4 Å². The Balaban J connectivity index is 0.000000225. The topological polar surface area (TPSA) is 194 Å². The molecular formula is C51H60N3O12P3. The summed E-state index contributed by atoms with van der Waals surface area (Å²) in [5.74, 6) is 0. The molecule has 0 fully saturated rings. The molecule has 0 unspecified atom stereocenters. The van der Waals surface area contributed by atoms with E-state index in [2.05, 4.69) is 16.4 Å². The van der Waals surface area contributed by atoms with Crippen LogP contribution in [-0.4, -0.2) is 35.1 Å². The minimum atomic E-state index is -3.46. The second-order valence-corrected chi connectivity index (χ2v) is 24.7. The lowest BCUT2D eigenvalue weighted by atomic mass is 10.2. The summed E-state index contributed by atoms with van der Waals surface area (Å²) < 4.78 is 71.5. The van der Waals surface area contributed by atoms with Crippen molar-refractivity contribution in [1.82, 2.24) is 16.4 Å². The highest BCUT2D eigenvalue weighted by molar-refractivity contribution is 7.75. The summed E-state index contributed by atoms with van der Waals surface area (Å²) in [7, 11) is -10.4. The molecule has 6 aromatic rings. The highest BCUT2D eigenvalue weighted by atomic mass is 31.2. The largest absolute Gasteiger partial charge is 0.442 e. The normalized spacial score (nSPS) is 11.8. The molecular weight excluding hydrogens is 939 g/mol. The lowest BCUT2D eigenvalue weighted by Crippen LogP contribution is -2.34. The number of nitrogens with one attached hydrogen (secondary N) is 3. The maximum Gasteiger partial charge on any atom is 0.432 e. The Bertz CT molecular complexity index is 2250. The molecule has 0 saturated carbocycles. The van der Waals surface area contributed by atoms with Crippen molar-refractivity contribution in [3.05, 3.63) is 182 Å². The summed E-state index contributed by atoms with van der Waals surface area (Å²) in [6.07, 6.45) is -2.36. The van der Waals surface area contributed by atoms with Crippen molar-refractivity contribution in [2.45, 2.75) is 79.1 Å². The molecule has 0 atom stereocenters. The smallest absolute Gasteiger partial charge is 0.432 e. The van der Waals surface area contributed by atoms with E-state index in [4.69, 9.17) is 28.1 Å². The first-order valence-electron chi connectivity index (χ1n) is 21.6.